The van der Waals surface area contributed by atoms with Gasteiger partial charge in [-0.25, -0.2) is 0 Å². The van der Waals surface area contributed by atoms with Gasteiger partial charge in [-0.3, -0.25) is 9.59 Å². The van der Waals surface area contributed by atoms with Crippen LogP contribution in [0.2, 0.25) is 0 Å². The van der Waals surface area contributed by atoms with Gasteiger partial charge >= 0.3 is 11.8 Å². The molecule has 0 unspecified atom stereocenters. The Morgan fingerprint density at radius 1 is 1.33 bits per heavy atom. The summed E-state index contributed by atoms with van der Waals surface area (Å²) in [4.78, 5) is 22.9. The zero-order chi connectivity index (χ0) is 13.0. The molecule has 6 nitrogen and oxygen atoms in total. The van der Waals surface area contributed by atoms with E-state index in [0.717, 1.165) is 12.8 Å². The lowest BCUT2D eigenvalue weighted by Crippen LogP contribution is -2.42. The largest absolute Gasteiger partial charge is 0.467 e. The standard InChI is InChI=1S/C12H16N2O4/c15-8-12(3-4-12)7-14-11(17)10(16)13-6-9-2-1-5-18-9/h1-2,5,15H,3-4,6-8H2,(H,13,16)(H,14,17). The SMILES string of the molecule is O=C(NCc1ccco1)C(=O)NCC1(CO)CC1. The molecule has 0 saturated heterocycles. The van der Waals surface area contributed by atoms with Gasteiger partial charge in [-0.2, -0.15) is 0 Å². The number of carbonyl (C=O) groups is 2. The Bertz CT molecular complexity index is 423. The van der Waals surface area contributed by atoms with Crippen molar-refractivity contribution in [1.82, 2.24) is 10.6 Å². The van der Waals surface area contributed by atoms with Crippen LogP contribution in [0, 0.1) is 5.41 Å². The molecule has 2 rings (SSSR count). The van der Waals surface area contributed by atoms with Crippen molar-refractivity contribution in [2.24, 2.45) is 5.41 Å². The van der Waals surface area contributed by atoms with Crippen LogP contribution in [0.15, 0.2) is 22.8 Å². The Kier molecular flexibility index (Phi) is 3.66. The van der Waals surface area contributed by atoms with Crippen LogP contribution in [0.3, 0.4) is 0 Å². The van der Waals surface area contributed by atoms with Crippen LogP contribution in [0.1, 0.15) is 18.6 Å². The first-order valence-electron chi connectivity index (χ1n) is 5.84. The van der Waals surface area contributed by atoms with Gasteiger partial charge in [0.1, 0.15) is 5.76 Å². The molecule has 98 valence electrons. The highest BCUT2D eigenvalue weighted by Crippen LogP contribution is 2.44. The predicted molar refractivity (Wildman–Crippen MR) is 62.3 cm³/mol. The zero-order valence-corrected chi connectivity index (χ0v) is 9.94. The molecule has 1 fully saturated rings. The number of carbonyl (C=O) groups excluding carboxylic acids is 2. The summed E-state index contributed by atoms with van der Waals surface area (Å²) in [7, 11) is 0. The van der Waals surface area contributed by atoms with Gasteiger partial charge in [0.05, 0.1) is 19.4 Å². The van der Waals surface area contributed by atoms with E-state index in [9.17, 15) is 9.59 Å². The minimum atomic E-state index is -0.694. The lowest BCUT2D eigenvalue weighted by Gasteiger charge is -2.12. The number of hydrogen-bond acceptors (Lipinski definition) is 4. The summed E-state index contributed by atoms with van der Waals surface area (Å²) in [6.45, 7) is 0.572. The molecule has 0 aromatic carbocycles. The average Bonchev–Trinajstić information content (AvgIpc) is 2.99. The minimum Gasteiger partial charge on any atom is -0.467 e. The van der Waals surface area contributed by atoms with Gasteiger partial charge < -0.3 is 20.2 Å². The molecule has 3 N–H and O–H groups in total. The van der Waals surface area contributed by atoms with Crippen molar-refractivity contribution in [3.05, 3.63) is 24.2 Å². The highest BCUT2D eigenvalue weighted by molar-refractivity contribution is 6.35. The number of aliphatic hydroxyl groups is 1. The highest BCUT2D eigenvalue weighted by atomic mass is 16.3. The third kappa shape index (κ3) is 3.10. The molecule has 1 saturated carbocycles. The second-order valence-electron chi connectivity index (χ2n) is 4.60. The molecular weight excluding hydrogens is 236 g/mol. The Morgan fingerprint density at radius 3 is 2.61 bits per heavy atom. The number of amides is 2. The summed E-state index contributed by atoms with van der Waals surface area (Å²) < 4.78 is 5.03. The maximum atomic E-state index is 11.5. The Labute approximate surface area is 104 Å². The average molecular weight is 252 g/mol. The number of rotatable bonds is 5. The van der Waals surface area contributed by atoms with E-state index in [2.05, 4.69) is 10.6 Å². The van der Waals surface area contributed by atoms with E-state index >= 15 is 0 Å². The maximum absolute atomic E-state index is 11.5. The van der Waals surface area contributed by atoms with Gasteiger partial charge in [0.2, 0.25) is 0 Å². The summed E-state index contributed by atoms with van der Waals surface area (Å²) in [6.07, 6.45) is 3.27. The van der Waals surface area contributed by atoms with Gasteiger partial charge in [-0.15, -0.1) is 0 Å². The van der Waals surface area contributed by atoms with E-state index in [1.54, 1.807) is 12.1 Å². The van der Waals surface area contributed by atoms with E-state index in [-0.39, 0.29) is 18.6 Å². The molecular formula is C12H16N2O4. The summed E-state index contributed by atoms with van der Waals surface area (Å²) in [5.74, 6) is -0.786. The van der Waals surface area contributed by atoms with Gasteiger partial charge in [-0.1, -0.05) is 0 Å². The summed E-state index contributed by atoms with van der Waals surface area (Å²) in [5.41, 5.74) is -0.197. The van der Waals surface area contributed by atoms with Gasteiger partial charge in [0.15, 0.2) is 0 Å². The fraction of sp³-hybridized carbons (Fsp3) is 0.500. The first kappa shape index (κ1) is 12.6. The third-order valence-corrected chi connectivity index (χ3v) is 3.13. The number of nitrogens with one attached hydrogen (secondary N) is 2. The molecule has 6 heteroatoms. The first-order chi connectivity index (χ1) is 8.65. The molecule has 1 heterocycles. The van der Waals surface area contributed by atoms with Crippen molar-refractivity contribution in [1.29, 1.82) is 0 Å². The molecule has 18 heavy (non-hydrogen) atoms. The van der Waals surface area contributed by atoms with Crippen molar-refractivity contribution in [3.63, 3.8) is 0 Å². The fourth-order valence-electron chi connectivity index (χ4n) is 1.58. The van der Waals surface area contributed by atoms with Gasteiger partial charge in [-0.05, 0) is 25.0 Å². The molecule has 0 aliphatic heterocycles. The van der Waals surface area contributed by atoms with Crippen LogP contribution in [0.5, 0.6) is 0 Å². The lowest BCUT2D eigenvalue weighted by molar-refractivity contribution is -0.139. The molecule has 0 spiro atoms. The van der Waals surface area contributed by atoms with Crippen molar-refractivity contribution in [2.75, 3.05) is 13.2 Å². The molecule has 1 aliphatic rings. The van der Waals surface area contributed by atoms with E-state index < -0.39 is 11.8 Å². The molecule has 0 bridgehead atoms. The number of furan rings is 1. The van der Waals surface area contributed by atoms with Crippen LogP contribution >= 0.6 is 0 Å². The van der Waals surface area contributed by atoms with E-state index in [0.29, 0.717) is 12.3 Å². The van der Waals surface area contributed by atoms with Crippen LogP contribution in [0.4, 0.5) is 0 Å². The van der Waals surface area contributed by atoms with Crippen molar-refractivity contribution < 1.29 is 19.1 Å². The maximum Gasteiger partial charge on any atom is 0.309 e. The lowest BCUT2D eigenvalue weighted by atomic mass is 10.1. The Morgan fingerprint density at radius 2 is 2.06 bits per heavy atom. The van der Waals surface area contributed by atoms with Crippen molar-refractivity contribution >= 4 is 11.8 Å². The normalized spacial score (nSPS) is 16.1. The topological polar surface area (TPSA) is 91.6 Å². The van der Waals surface area contributed by atoms with Crippen LogP contribution < -0.4 is 10.6 Å². The van der Waals surface area contributed by atoms with Gasteiger partial charge in [0, 0.05) is 12.0 Å². The molecule has 0 radical (unpaired) electrons. The zero-order valence-electron chi connectivity index (χ0n) is 9.94. The molecule has 1 aromatic rings. The van der Waals surface area contributed by atoms with Crippen molar-refractivity contribution in [3.8, 4) is 0 Å². The molecule has 1 aliphatic carbocycles. The fourth-order valence-corrected chi connectivity index (χ4v) is 1.58. The van der Waals surface area contributed by atoms with Gasteiger partial charge in [0.25, 0.3) is 0 Å². The quantitative estimate of drug-likeness (QED) is 0.632. The Hall–Kier alpha value is -1.82. The third-order valence-electron chi connectivity index (χ3n) is 3.13. The van der Waals surface area contributed by atoms with E-state index in [1.165, 1.54) is 6.26 Å². The smallest absolute Gasteiger partial charge is 0.309 e. The number of hydrogen-bond donors (Lipinski definition) is 3. The van der Waals surface area contributed by atoms with Crippen LogP contribution in [0.25, 0.3) is 0 Å². The molecule has 0 atom stereocenters. The highest BCUT2D eigenvalue weighted by Gasteiger charge is 2.42. The minimum absolute atomic E-state index is 0.0430. The molecule has 2 amide bonds. The summed E-state index contributed by atoms with van der Waals surface area (Å²) in [6, 6.07) is 3.42. The summed E-state index contributed by atoms with van der Waals surface area (Å²) >= 11 is 0. The second-order valence-corrected chi connectivity index (χ2v) is 4.60. The number of aliphatic hydroxyl groups excluding tert-OH is 1. The van der Waals surface area contributed by atoms with E-state index in [4.69, 9.17) is 9.52 Å². The summed E-state index contributed by atoms with van der Waals surface area (Å²) in [5, 5.41) is 14.0. The predicted octanol–water partition coefficient (Wildman–Crippen LogP) is -0.216. The van der Waals surface area contributed by atoms with Crippen LogP contribution in [-0.4, -0.2) is 30.1 Å². The monoisotopic (exact) mass is 252 g/mol. The van der Waals surface area contributed by atoms with Crippen molar-refractivity contribution in [2.45, 2.75) is 19.4 Å². The molecule has 1 aromatic heterocycles. The van der Waals surface area contributed by atoms with Crippen LogP contribution in [-0.2, 0) is 16.1 Å². The second kappa shape index (κ2) is 5.22. The first-order valence-corrected chi connectivity index (χ1v) is 5.84. The Balaban J connectivity index is 1.70. The van der Waals surface area contributed by atoms with E-state index in [1.807, 2.05) is 0 Å².